The molecule has 1 fully saturated rings. The van der Waals surface area contributed by atoms with Gasteiger partial charge in [-0.2, -0.15) is 0 Å². The molecule has 5 heteroatoms. The van der Waals surface area contributed by atoms with E-state index >= 15 is 0 Å². The molecule has 1 heterocycles. The number of piperazine rings is 1. The molecule has 1 atom stereocenters. The molecule has 0 aliphatic carbocycles. The predicted octanol–water partition coefficient (Wildman–Crippen LogP) is 3.57. The van der Waals surface area contributed by atoms with Crippen molar-refractivity contribution in [3.8, 4) is 0 Å². The molecule has 0 aromatic heterocycles. The van der Waals surface area contributed by atoms with Crippen molar-refractivity contribution in [2.24, 2.45) is 0 Å². The summed E-state index contributed by atoms with van der Waals surface area (Å²) in [5.41, 5.74) is 1.36. The zero-order chi connectivity index (χ0) is 16.7. The smallest absolute Gasteiger partial charge is 0.317 e. The standard InChI is InChI=1S/C18H28ClN3O/c1-3-20-18(23)22-13-11-21(12-14-22)10-4-5-15(2)16-6-8-17(19)9-7-16/h6-9,15H,3-5,10-14H2,1-2H3,(H,20,23). The summed E-state index contributed by atoms with van der Waals surface area (Å²) >= 11 is 5.94. The predicted molar refractivity (Wildman–Crippen MR) is 96.2 cm³/mol. The molecule has 1 aliphatic heterocycles. The van der Waals surface area contributed by atoms with Crippen LogP contribution in [0.3, 0.4) is 0 Å². The molecule has 1 unspecified atom stereocenters. The van der Waals surface area contributed by atoms with Gasteiger partial charge in [-0.25, -0.2) is 4.79 Å². The van der Waals surface area contributed by atoms with Crippen LogP contribution in [0.2, 0.25) is 5.02 Å². The molecule has 0 spiro atoms. The average Bonchev–Trinajstić information content (AvgIpc) is 2.56. The van der Waals surface area contributed by atoms with Crippen LogP contribution in [-0.4, -0.2) is 55.1 Å². The van der Waals surface area contributed by atoms with Gasteiger partial charge >= 0.3 is 6.03 Å². The molecule has 0 bridgehead atoms. The SMILES string of the molecule is CCNC(=O)N1CCN(CCCC(C)c2ccc(Cl)cc2)CC1. The summed E-state index contributed by atoms with van der Waals surface area (Å²) in [6.45, 7) is 9.66. The van der Waals surface area contributed by atoms with Crippen LogP contribution in [0.15, 0.2) is 24.3 Å². The minimum absolute atomic E-state index is 0.0727. The minimum atomic E-state index is 0.0727. The van der Waals surface area contributed by atoms with E-state index in [-0.39, 0.29) is 6.03 Å². The average molecular weight is 338 g/mol. The lowest BCUT2D eigenvalue weighted by Gasteiger charge is -2.34. The van der Waals surface area contributed by atoms with Crippen LogP contribution < -0.4 is 5.32 Å². The van der Waals surface area contributed by atoms with Gasteiger partial charge in [0.15, 0.2) is 0 Å². The number of benzene rings is 1. The number of carbonyl (C=O) groups excluding carboxylic acids is 1. The van der Waals surface area contributed by atoms with Crippen molar-refractivity contribution < 1.29 is 4.79 Å². The lowest BCUT2D eigenvalue weighted by molar-refractivity contribution is 0.138. The molecule has 1 saturated heterocycles. The number of hydrogen-bond acceptors (Lipinski definition) is 2. The third-order valence-electron chi connectivity index (χ3n) is 4.54. The fourth-order valence-corrected chi connectivity index (χ4v) is 3.14. The van der Waals surface area contributed by atoms with Crippen LogP contribution in [-0.2, 0) is 0 Å². The maximum absolute atomic E-state index is 11.8. The zero-order valence-electron chi connectivity index (χ0n) is 14.2. The lowest BCUT2D eigenvalue weighted by atomic mass is 9.96. The van der Waals surface area contributed by atoms with E-state index in [0.717, 1.165) is 37.7 Å². The van der Waals surface area contributed by atoms with Gasteiger partial charge in [0.2, 0.25) is 0 Å². The summed E-state index contributed by atoms with van der Waals surface area (Å²) in [7, 11) is 0. The molecule has 2 amide bonds. The first-order chi connectivity index (χ1) is 11.1. The van der Waals surface area contributed by atoms with Gasteiger partial charge in [-0.3, -0.25) is 4.90 Å². The summed E-state index contributed by atoms with van der Waals surface area (Å²) in [5, 5.41) is 3.67. The number of carbonyl (C=O) groups is 1. The Morgan fingerprint density at radius 3 is 2.48 bits per heavy atom. The number of amides is 2. The van der Waals surface area contributed by atoms with Gasteiger partial charge in [0.05, 0.1) is 0 Å². The van der Waals surface area contributed by atoms with Crippen molar-refractivity contribution in [3.63, 3.8) is 0 Å². The van der Waals surface area contributed by atoms with E-state index in [0.29, 0.717) is 12.5 Å². The molecule has 0 radical (unpaired) electrons. The van der Waals surface area contributed by atoms with Crippen molar-refractivity contribution in [1.82, 2.24) is 15.1 Å². The van der Waals surface area contributed by atoms with Crippen molar-refractivity contribution in [2.45, 2.75) is 32.6 Å². The molecule has 1 aliphatic rings. The molecule has 0 saturated carbocycles. The van der Waals surface area contributed by atoms with E-state index in [9.17, 15) is 4.79 Å². The number of nitrogens with zero attached hydrogens (tertiary/aromatic N) is 2. The van der Waals surface area contributed by atoms with Gasteiger partial charge in [0.1, 0.15) is 0 Å². The highest BCUT2D eigenvalue weighted by Gasteiger charge is 2.20. The van der Waals surface area contributed by atoms with Crippen LogP contribution >= 0.6 is 11.6 Å². The maximum Gasteiger partial charge on any atom is 0.317 e. The van der Waals surface area contributed by atoms with E-state index in [1.54, 1.807) is 0 Å². The van der Waals surface area contributed by atoms with Gasteiger partial charge in [-0.05, 0) is 49.9 Å². The second-order valence-corrected chi connectivity index (χ2v) is 6.70. The molecule has 1 aromatic rings. The number of nitrogens with one attached hydrogen (secondary N) is 1. The fourth-order valence-electron chi connectivity index (χ4n) is 3.02. The Morgan fingerprint density at radius 2 is 1.87 bits per heavy atom. The summed E-state index contributed by atoms with van der Waals surface area (Å²) in [5.74, 6) is 0.559. The minimum Gasteiger partial charge on any atom is -0.338 e. The van der Waals surface area contributed by atoms with Crippen molar-refractivity contribution in [3.05, 3.63) is 34.9 Å². The van der Waals surface area contributed by atoms with E-state index in [4.69, 9.17) is 11.6 Å². The molecule has 1 aromatic carbocycles. The Hall–Kier alpha value is -1.26. The molecular formula is C18H28ClN3O. The van der Waals surface area contributed by atoms with Crippen molar-refractivity contribution in [2.75, 3.05) is 39.3 Å². The van der Waals surface area contributed by atoms with Crippen LogP contribution in [0.1, 0.15) is 38.2 Å². The Labute approximate surface area is 144 Å². The first-order valence-electron chi connectivity index (χ1n) is 8.60. The van der Waals surface area contributed by atoms with Gasteiger partial charge < -0.3 is 10.2 Å². The van der Waals surface area contributed by atoms with Gasteiger partial charge in [0, 0.05) is 37.7 Å². The maximum atomic E-state index is 11.8. The van der Waals surface area contributed by atoms with Crippen LogP contribution in [0.4, 0.5) is 4.79 Å². The fraction of sp³-hybridized carbons (Fsp3) is 0.611. The zero-order valence-corrected chi connectivity index (χ0v) is 15.0. The Balaban J connectivity index is 1.65. The third kappa shape index (κ3) is 5.70. The molecule has 1 N–H and O–H groups in total. The molecular weight excluding hydrogens is 310 g/mol. The Morgan fingerprint density at radius 1 is 1.22 bits per heavy atom. The second-order valence-electron chi connectivity index (χ2n) is 6.26. The molecule has 128 valence electrons. The summed E-state index contributed by atoms with van der Waals surface area (Å²) in [6, 6.07) is 8.25. The number of urea groups is 1. The number of hydrogen-bond donors (Lipinski definition) is 1. The lowest BCUT2D eigenvalue weighted by Crippen LogP contribution is -2.51. The highest BCUT2D eigenvalue weighted by molar-refractivity contribution is 6.30. The van der Waals surface area contributed by atoms with Crippen molar-refractivity contribution in [1.29, 1.82) is 0 Å². The number of rotatable bonds is 6. The molecule has 23 heavy (non-hydrogen) atoms. The second kappa shape index (κ2) is 9.14. The monoisotopic (exact) mass is 337 g/mol. The van der Waals surface area contributed by atoms with Crippen LogP contribution in [0.25, 0.3) is 0 Å². The van der Waals surface area contributed by atoms with Crippen LogP contribution in [0.5, 0.6) is 0 Å². The van der Waals surface area contributed by atoms with E-state index in [2.05, 4.69) is 29.3 Å². The van der Waals surface area contributed by atoms with Gasteiger partial charge in [0.25, 0.3) is 0 Å². The summed E-state index contributed by atoms with van der Waals surface area (Å²) in [4.78, 5) is 16.2. The number of halogens is 1. The first kappa shape index (κ1) is 18.1. The Kier molecular flexibility index (Phi) is 7.18. The quantitative estimate of drug-likeness (QED) is 0.861. The summed E-state index contributed by atoms with van der Waals surface area (Å²) in [6.07, 6.45) is 2.36. The molecule has 2 rings (SSSR count). The summed E-state index contributed by atoms with van der Waals surface area (Å²) < 4.78 is 0. The van der Waals surface area contributed by atoms with E-state index < -0.39 is 0 Å². The normalized spacial score (nSPS) is 17.1. The highest BCUT2D eigenvalue weighted by Crippen LogP contribution is 2.22. The van der Waals surface area contributed by atoms with Gasteiger partial charge in [-0.1, -0.05) is 30.7 Å². The third-order valence-corrected chi connectivity index (χ3v) is 4.79. The van der Waals surface area contributed by atoms with Crippen molar-refractivity contribution >= 4 is 17.6 Å². The molecule has 4 nitrogen and oxygen atoms in total. The van der Waals surface area contributed by atoms with E-state index in [1.165, 1.54) is 18.4 Å². The highest BCUT2D eigenvalue weighted by atomic mass is 35.5. The largest absolute Gasteiger partial charge is 0.338 e. The van der Waals surface area contributed by atoms with Gasteiger partial charge in [-0.15, -0.1) is 0 Å². The first-order valence-corrected chi connectivity index (χ1v) is 8.98. The Bertz CT molecular complexity index is 484. The topological polar surface area (TPSA) is 35.6 Å². The van der Waals surface area contributed by atoms with Crippen LogP contribution in [0, 0.1) is 0 Å². The van der Waals surface area contributed by atoms with E-state index in [1.807, 2.05) is 24.0 Å².